The van der Waals surface area contributed by atoms with Crippen molar-refractivity contribution >= 4 is 6.21 Å². The molecule has 1 fully saturated rings. The van der Waals surface area contributed by atoms with E-state index in [4.69, 9.17) is 4.74 Å². The number of benzene rings is 1. The molecule has 1 aliphatic carbocycles. The zero-order valence-electron chi connectivity index (χ0n) is 10.2. The minimum atomic E-state index is 0.255. The number of nitrogens with zero attached hydrogens (tertiary/aromatic N) is 1. The second-order valence-electron chi connectivity index (χ2n) is 4.49. The number of rotatable bonds is 3. The minimum Gasteiger partial charge on any atom is -0.507 e. The van der Waals surface area contributed by atoms with E-state index in [0.717, 1.165) is 11.3 Å². The highest BCUT2D eigenvalue weighted by Gasteiger charge is 2.11. The van der Waals surface area contributed by atoms with Crippen LogP contribution in [0.15, 0.2) is 23.2 Å². The average molecular weight is 233 g/mol. The van der Waals surface area contributed by atoms with Gasteiger partial charge in [0.05, 0.1) is 7.11 Å². The van der Waals surface area contributed by atoms with Crippen molar-refractivity contribution in [2.75, 3.05) is 7.11 Å². The maximum Gasteiger partial charge on any atom is 0.124 e. The third kappa shape index (κ3) is 3.22. The van der Waals surface area contributed by atoms with E-state index in [2.05, 4.69) is 4.99 Å². The molecule has 0 spiro atoms. The van der Waals surface area contributed by atoms with Crippen molar-refractivity contribution in [3.05, 3.63) is 23.8 Å². The van der Waals surface area contributed by atoms with Crippen LogP contribution in [0.5, 0.6) is 11.5 Å². The summed E-state index contributed by atoms with van der Waals surface area (Å²) < 4.78 is 5.13. The third-order valence-electron chi connectivity index (χ3n) is 3.23. The van der Waals surface area contributed by atoms with Crippen LogP contribution in [0.1, 0.15) is 37.7 Å². The average Bonchev–Trinajstić information content (AvgIpc) is 2.39. The van der Waals surface area contributed by atoms with Crippen LogP contribution in [0.3, 0.4) is 0 Å². The molecule has 3 heteroatoms. The summed E-state index contributed by atoms with van der Waals surface area (Å²) in [7, 11) is 1.62. The number of methoxy groups -OCH3 is 1. The summed E-state index contributed by atoms with van der Waals surface area (Å²) in [5.41, 5.74) is 0.731. The molecule has 0 heterocycles. The molecule has 0 aliphatic heterocycles. The van der Waals surface area contributed by atoms with E-state index in [1.165, 1.54) is 32.1 Å². The Labute approximate surface area is 102 Å². The maximum absolute atomic E-state index is 9.71. The quantitative estimate of drug-likeness (QED) is 0.815. The summed E-state index contributed by atoms with van der Waals surface area (Å²) in [4.78, 5) is 4.55. The molecule has 1 saturated carbocycles. The molecule has 0 radical (unpaired) electrons. The van der Waals surface area contributed by atoms with E-state index in [1.807, 2.05) is 6.07 Å². The molecule has 1 aliphatic rings. The molecule has 0 bridgehead atoms. The van der Waals surface area contributed by atoms with Crippen molar-refractivity contribution in [3.8, 4) is 11.5 Å². The van der Waals surface area contributed by atoms with E-state index in [1.54, 1.807) is 25.5 Å². The Morgan fingerprint density at radius 2 is 2.06 bits per heavy atom. The van der Waals surface area contributed by atoms with Crippen molar-refractivity contribution < 1.29 is 9.84 Å². The number of hydrogen-bond acceptors (Lipinski definition) is 3. The fourth-order valence-corrected chi connectivity index (χ4v) is 2.18. The van der Waals surface area contributed by atoms with Gasteiger partial charge < -0.3 is 9.84 Å². The van der Waals surface area contributed by atoms with Gasteiger partial charge in [0.2, 0.25) is 0 Å². The minimum absolute atomic E-state index is 0.255. The standard InChI is InChI=1S/C14H19NO2/c1-17-13-7-8-14(16)11(9-13)10-15-12-5-3-2-4-6-12/h7-10,12,16H,2-6H2,1H3. The summed E-state index contributed by atoms with van der Waals surface area (Å²) in [5, 5.41) is 9.71. The summed E-state index contributed by atoms with van der Waals surface area (Å²) in [6.07, 6.45) is 7.98. The second-order valence-corrected chi connectivity index (χ2v) is 4.49. The first kappa shape index (κ1) is 12.0. The molecule has 0 amide bonds. The molecule has 1 aromatic rings. The van der Waals surface area contributed by atoms with Crippen LogP contribution in [0.4, 0.5) is 0 Å². The first-order chi connectivity index (χ1) is 8.29. The van der Waals surface area contributed by atoms with Crippen LogP contribution in [0.25, 0.3) is 0 Å². The normalized spacial score (nSPS) is 17.5. The van der Waals surface area contributed by atoms with Gasteiger partial charge in [-0.05, 0) is 31.0 Å². The number of aromatic hydroxyl groups is 1. The van der Waals surface area contributed by atoms with Gasteiger partial charge in [-0.2, -0.15) is 0 Å². The zero-order valence-corrected chi connectivity index (χ0v) is 10.2. The second kappa shape index (κ2) is 5.71. The molecular weight excluding hydrogens is 214 g/mol. The van der Waals surface area contributed by atoms with E-state index in [9.17, 15) is 5.11 Å². The molecular formula is C14H19NO2. The van der Waals surface area contributed by atoms with Gasteiger partial charge in [0.1, 0.15) is 11.5 Å². The van der Waals surface area contributed by atoms with Gasteiger partial charge in [-0.25, -0.2) is 0 Å². The SMILES string of the molecule is COc1ccc(O)c(C=NC2CCCCC2)c1. The van der Waals surface area contributed by atoms with Crippen molar-refractivity contribution in [2.45, 2.75) is 38.1 Å². The summed E-state index contributed by atoms with van der Waals surface area (Å²) in [5.74, 6) is 0.998. The van der Waals surface area contributed by atoms with Gasteiger partial charge >= 0.3 is 0 Å². The molecule has 0 saturated heterocycles. The van der Waals surface area contributed by atoms with E-state index in [0.29, 0.717) is 6.04 Å². The van der Waals surface area contributed by atoms with Crippen LogP contribution in [-0.2, 0) is 0 Å². The highest BCUT2D eigenvalue weighted by Crippen LogP contribution is 2.23. The number of phenolic OH excluding ortho intramolecular Hbond substituents is 1. The van der Waals surface area contributed by atoms with Gasteiger partial charge in [-0.3, -0.25) is 4.99 Å². The van der Waals surface area contributed by atoms with Crippen LogP contribution < -0.4 is 4.74 Å². The van der Waals surface area contributed by atoms with Crippen LogP contribution in [0, 0.1) is 0 Å². The van der Waals surface area contributed by atoms with Crippen LogP contribution >= 0.6 is 0 Å². The Morgan fingerprint density at radius 1 is 1.29 bits per heavy atom. The van der Waals surface area contributed by atoms with Gasteiger partial charge in [0.15, 0.2) is 0 Å². The summed E-state index contributed by atoms with van der Waals surface area (Å²) in [6, 6.07) is 5.62. The zero-order chi connectivity index (χ0) is 12.1. The highest BCUT2D eigenvalue weighted by atomic mass is 16.5. The van der Waals surface area contributed by atoms with Crippen molar-refractivity contribution in [1.29, 1.82) is 0 Å². The number of hydrogen-bond donors (Lipinski definition) is 1. The molecule has 3 nitrogen and oxygen atoms in total. The van der Waals surface area contributed by atoms with Gasteiger partial charge in [-0.15, -0.1) is 0 Å². The summed E-state index contributed by atoms with van der Waals surface area (Å²) >= 11 is 0. The molecule has 2 rings (SSSR count). The molecule has 92 valence electrons. The van der Waals surface area contributed by atoms with Gasteiger partial charge in [0, 0.05) is 17.8 Å². The lowest BCUT2D eigenvalue weighted by molar-refractivity contribution is 0.412. The van der Waals surface area contributed by atoms with Crippen molar-refractivity contribution in [3.63, 3.8) is 0 Å². The molecule has 1 N–H and O–H groups in total. The van der Waals surface area contributed by atoms with E-state index in [-0.39, 0.29) is 5.75 Å². The lowest BCUT2D eigenvalue weighted by Crippen LogP contribution is -2.09. The predicted molar refractivity (Wildman–Crippen MR) is 69.1 cm³/mol. The van der Waals surface area contributed by atoms with Crippen LogP contribution in [-0.4, -0.2) is 24.5 Å². The highest BCUT2D eigenvalue weighted by molar-refractivity contribution is 5.84. The predicted octanol–water partition coefficient (Wildman–Crippen LogP) is 3.15. The molecule has 1 aromatic carbocycles. The maximum atomic E-state index is 9.71. The Hall–Kier alpha value is -1.51. The summed E-state index contributed by atoms with van der Waals surface area (Å²) in [6.45, 7) is 0. The third-order valence-corrected chi connectivity index (χ3v) is 3.23. The largest absolute Gasteiger partial charge is 0.507 e. The lowest BCUT2D eigenvalue weighted by Gasteiger charge is -2.17. The van der Waals surface area contributed by atoms with Crippen molar-refractivity contribution in [1.82, 2.24) is 0 Å². The monoisotopic (exact) mass is 233 g/mol. The van der Waals surface area contributed by atoms with Crippen molar-refractivity contribution in [2.24, 2.45) is 4.99 Å². The Bertz CT molecular complexity index is 395. The molecule has 0 aromatic heterocycles. The number of phenols is 1. The first-order valence-corrected chi connectivity index (χ1v) is 6.20. The molecule has 0 unspecified atom stereocenters. The van der Waals surface area contributed by atoms with E-state index < -0.39 is 0 Å². The van der Waals surface area contributed by atoms with Gasteiger partial charge in [-0.1, -0.05) is 19.3 Å². The number of aliphatic imine (C=N–C) groups is 1. The number of ether oxygens (including phenoxy) is 1. The smallest absolute Gasteiger partial charge is 0.124 e. The Balaban J connectivity index is 2.08. The Morgan fingerprint density at radius 3 is 2.76 bits per heavy atom. The van der Waals surface area contributed by atoms with Gasteiger partial charge in [0.25, 0.3) is 0 Å². The first-order valence-electron chi connectivity index (χ1n) is 6.20. The molecule has 17 heavy (non-hydrogen) atoms. The topological polar surface area (TPSA) is 41.8 Å². The fourth-order valence-electron chi connectivity index (χ4n) is 2.18. The lowest BCUT2D eigenvalue weighted by atomic mass is 9.96. The van der Waals surface area contributed by atoms with Crippen LogP contribution in [0.2, 0.25) is 0 Å². The Kier molecular flexibility index (Phi) is 4.02. The fraction of sp³-hybridized carbons (Fsp3) is 0.500. The van der Waals surface area contributed by atoms with E-state index >= 15 is 0 Å². The molecule has 0 atom stereocenters.